The minimum Gasteiger partial charge on any atom is -1.00 e. The fourth-order valence-electron chi connectivity index (χ4n) is 1.65. The van der Waals surface area contributed by atoms with E-state index in [4.69, 9.17) is 0 Å². The Hall–Kier alpha value is -0.319. The van der Waals surface area contributed by atoms with Gasteiger partial charge in [0.2, 0.25) is 0 Å². The summed E-state index contributed by atoms with van der Waals surface area (Å²) in [6.07, 6.45) is 3.46. The van der Waals surface area contributed by atoms with Gasteiger partial charge in [0.1, 0.15) is 8.59 Å². The van der Waals surface area contributed by atoms with Crippen molar-refractivity contribution >= 4 is 14.5 Å². The number of amides is 1. The van der Waals surface area contributed by atoms with Gasteiger partial charge in [0.05, 0.1) is 0 Å². The number of hydrogen-bond acceptors (Lipinski definition) is 1. The van der Waals surface area contributed by atoms with Crippen LogP contribution in [0.4, 0.5) is 0 Å². The van der Waals surface area contributed by atoms with Crippen LogP contribution in [-0.2, 0) is 20.4 Å². The maximum atomic E-state index is 11.3. The molecule has 2 nitrogen and oxygen atoms in total. The van der Waals surface area contributed by atoms with Crippen molar-refractivity contribution in [3.8, 4) is 0 Å². The molecule has 0 radical (unpaired) electrons. The van der Waals surface area contributed by atoms with Gasteiger partial charge < -0.3 is 24.8 Å². The molecule has 0 aliphatic heterocycles. The summed E-state index contributed by atoms with van der Waals surface area (Å²) in [5, 5.41) is 0. The molecule has 0 aromatic heterocycles. The molecule has 117 valence electrons. The van der Waals surface area contributed by atoms with E-state index in [1.165, 1.54) is 21.4 Å². The summed E-state index contributed by atoms with van der Waals surface area (Å²) in [5.41, 5.74) is 3.64. The maximum Gasteiger partial charge on any atom is 0.267 e. The Labute approximate surface area is 159 Å². The molecule has 0 atom stereocenters. The molecule has 0 saturated carbocycles. The van der Waals surface area contributed by atoms with Crippen LogP contribution in [0.2, 0.25) is 13.1 Å². The average Bonchev–Trinajstić information content (AvgIpc) is 2.71. The van der Waals surface area contributed by atoms with Crippen LogP contribution in [0.25, 0.3) is 0 Å². The first-order chi connectivity index (χ1) is 9.41. The van der Waals surface area contributed by atoms with Crippen molar-refractivity contribution in [3.05, 3.63) is 57.0 Å². The largest absolute Gasteiger partial charge is 1.00 e. The number of nitrogens with zero attached hydrogens (tertiary/aromatic N) is 1. The molecule has 1 aromatic carbocycles. The summed E-state index contributed by atoms with van der Waals surface area (Å²) in [5.74, 6) is -0.0884. The minimum absolute atomic E-state index is 0. The van der Waals surface area contributed by atoms with Crippen LogP contribution in [0, 0.1) is 0 Å². The summed E-state index contributed by atoms with van der Waals surface area (Å²) in [4.78, 5) is 11.3. The monoisotopic (exact) mass is 388 g/mol. The molecule has 1 aromatic rings. The molecule has 0 unspecified atom stereocenters. The zero-order valence-corrected chi connectivity index (χ0v) is 17.4. The van der Waals surface area contributed by atoms with Gasteiger partial charge in [-0.3, -0.25) is 9.43 Å². The fraction of sp³-hybridized carbons (Fsp3) is 0.312. The summed E-state index contributed by atoms with van der Waals surface area (Å²) in [7, 11) is -0.805. The zero-order chi connectivity index (χ0) is 15.1. The van der Waals surface area contributed by atoms with Crippen LogP contribution in [0.3, 0.4) is 0 Å². The zero-order valence-electron chi connectivity index (χ0n) is 13.3. The van der Waals surface area contributed by atoms with Crippen molar-refractivity contribution in [3.63, 3.8) is 0 Å². The van der Waals surface area contributed by atoms with Crippen LogP contribution < -0.4 is 24.8 Å². The van der Waals surface area contributed by atoms with Crippen LogP contribution in [0.1, 0.15) is 30.6 Å². The van der Waals surface area contributed by atoms with Crippen LogP contribution >= 0.6 is 0 Å². The van der Waals surface area contributed by atoms with Crippen molar-refractivity contribution in [1.82, 2.24) is 0 Å². The summed E-state index contributed by atoms with van der Waals surface area (Å²) >= 11 is 2.20. The number of rotatable bonds is 1. The number of hydrogen-bond donors (Lipinski definition) is 0. The minimum atomic E-state index is -0.805. The first kappa shape index (κ1) is 23.9. The quantitative estimate of drug-likeness (QED) is 0.539. The number of allylic oxidation sites excluding steroid dienone is 4. The predicted molar refractivity (Wildman–Crippen MR) is 81.8 cm³/mol. The van der Waals surface area contributed by atoms with Gasteiger partial charge in [0.25, 0.3) is 5.91 Å². The second-order valence-corrected chi connectivity index (χ2v) is 7.99. The molecule has 1 amide bonds. The Morgan fingerprint density at radius 2 is 1.68 bits per heavy atom. The summed E-state index contributed by atoms with van der Waals surface area (Å²) < 4.78 is 5.54. The number of halogens is 2. The molecule has 0 fully saturated rings. The van der Waals surface area contributed by atoms with E-state index >= 15 is 0 Å². The van der Waals surface area contributed by atoms with E-state index in [2.05, 4.69) is 45.0 Å². The van der Waals surface area contributed by atoms with E-state index in [1.54, 1.807) is 12.1 Å². The topological polar surface area (TPSA) is 29.4 Å². The van der Waals surface area contributed by atoms with Gasteiger partial charge in [-0.15, -0.1) is 0 Å². The van der Waals surface area contributed by atoms with Crippen molar-refractivity contribution in [2.24, 2.45) is 4.63 Å². The molecule has 0 heterocycles. The predicted octanol–water partition coefficient (Wildman–Crippen LogP) is -1.49. The maximum absolute atomic E-state index is 11.3. The van der Waals surface area contributed by atoms with Gasteiger partial charge in [0, 0.05) is 5.56 Å². The summed E-state index contributed by atoms with van der Waals surface area (Å²) in [6.45, 7) is 8.34. The third-order valence-corrected chi connectivity index (χ3v) is 4.56. The Morgan fingerprint density at radius 3 is 2.00 bits per heavy atom. The third-order valence-electron chi connectivity index (χ3n) is 3.00. The van der Waals surface area contributed by atoms with E-state index in [-0.39, 0.29) is 30.7 Å². The van der Waals surface area contributed by atoms with E-state index in [9.17, 15) is 4.79 Å². The molecular formula is C16H20Cl2NOSiTi. The Balaban J connectivity index is 0. The van der Waals surface area contributed by atoms with E-state index < -0.39 is 8.59 Å². The Bertz CT molecular complexity index is 574. The molecule has 1 aliphatic rings. The molecule has 1 aliphatic carbocycles. The van der Waals surface area contributed by atoms with Gasteiger partial charge in [-0.25, -0.2) is 0 Å². The average molecular weight is 389 g/mol. The second kappa shape index (κ2) is 12.1. The van der Waals surface area contributed by atoms with Crippen molar-refractivity contribution in [2.45, 2.75) is 33.4 Å². The van der Waals surface area contributed by atoms with Gasteiger partial charge in [-0.05, 0) is 25.2 Å². The van der Waals surface area contributed by atoms with Crippen LogP contribution in [0.15, 0.2) is 56.1 Å². The van der Waals surface area contributed by atoms with E-state index in [1.807, 2.05) is 31.3 Å². The first-order valence-electron chi connectivity index (χ1n) is 6.61. The van der Waals surface area contributed by atoms with Crippen LogP contribution in [-0.4, -0.2) is 14.5 Å². The second-order valence-electron chi connectivity index (χ2n) is 4.93. The van der Waals surface area contributed by atoms with Crippen LogP contribution in [0.5, 0.6) is 0 Å². The van der Waals surface area contributed by atoms with Crippen molar-refractivity contribution in [2.75, 3.05) is 0 Å². The molecule has 0 bridgehead atoms. The Kier molecular flexibility index (Phi) is 13.2. The molecule has 0 spiro atoms. The smallest absolute Gasteiger partial charge is 0.267 e. The Morgan fingerprint density at radius 1 is 1.14 bits per heavy atom. The van der Waals surface area contributed by atoms with Gasteiger partial charge in [-0.1, -0.05) is 18.2 Å². The molecule has 0 saturated heterocycles. The van der Waals surface area contributed by atoms with Gasteiger partial charge in [0.15, 0.2) is 0 Å². The first-order valence-corrected chi connectivity index (χ1v) is 9.84. The standard InChI is InChI=1S/C9H11NOSi.C7H9.2ClH.Ti/c1-12(2)10-9(11)8-6-4-3-5-7-8;1-6-4-3-5-7(6)2;;;/h3-7H,1-2H3;4H,3H2,1-2H3;2*1H;/q;;;;+2/p-2. The molecular weight excluding hydrogens is 369 g/mol. The molecule has 6 heteroatoms. The summed E-state index contributed by atoms with van der Waals surface area (Å²) in [6, 6.07) is 9.16. The number of carbonyl (C=O) groups is 1. The van der Waals surface area contributed by atoms with E-state index in [0.29, 0.717) is 5.56 Å². The normalized spacial score (nSPS) is 12.2. The molecule has 2 rings (SSSR count). The SMILES string of the molecule is CC1=CC[C]([Ti+2])=C1C.C[Si](C)=NC(=O)c1ccccc1.[Cl-].[Cl-]. The molecule has 22 heavy (non-hydrogen) atoms. The number of carbonyl (C=O) groups excluding carboxylic acids is 1. The van der Waals surface area contributed by atoms with Gasteiger partial charge in [-0.2, -0.15) is 0 Å². The van der Waals surface area contributed by atoms with Crippen molar-refractivity contribution < 1.29 is 50.0 Å². The van der Waals surface area contributed by atoms with Crippen molar-refractivity contribution in [1.29, 1.82) is 0 Å². The number of benzene rings is 1. The van der Waals surface area contributed by atoms with E-state index in [0.717, 1.165) is 0 Å². The van der Waals surface area contributed by atoms with Gasteiger partial charge >= 0.3 is 61.8 Å². The fourth-order valence-corrected chi connectivity index (χ4v) is 2.65. The third kappa shape index (κ3) is 8.35. The molecule has 0 N–H and O–H groups in total.